The Bertz CT molecular complexity index is 1160. The molecular formula is C26H24Cl3N3O. The van der Waals surface area contributed by atoms with Crippen molar-refractivity contribution in [3.63, 3.8) is 0 Å². The fourth-order valence-corrected chi connectivity index (χ4v) is 5.03. The summed E-state index contributed by atoms with van der Waals surface area (Å²) in [4.78, 5) is 4.55. The molecule has 0 bridgehead atoms. The number of hydrogen-bond acceptors (Lipinski definition) is 4. The summed E-state index contributed by atoms with van der Waals surface area (Å²) in [5.74, 6) is 0. The molecule has 1 aliphatic rings. The lowest BCUT2D eigenvalue weighted by atomic mass is 9.93. The summed E-state index contributed by atoms with van der Waals surface area (Å²) in [6.07, 6.45) is 0. The zero-order valence-electron chi connectivity index (χ0n) is 18.2. The topological polar surface area (TPSA) is 50.5 Å². The third-order valence-electron chi connectivity index (χ3n) is 6.11. The van der Waals surface area contributed by atoms with E-state index in [9.17, 15) is 5.11 Å². The summed E-state index contributed by atoms with van der Waals surface area (Å²) < 4.78 is 0. The Morgan fingerprint density at radius 1 is 0.970 bits per heavy atom. The lowest BCUT2D eigenvalue weighted by Crippen LogP contribution is -2.52. The minimum Gasteiger partial charge on any atom is -0.384 e. The highest BCUT2D eigenvalue weighted by molar-refractivity contribution is 6.36. The second kappa shape index (κ2) is 9.93. The number of aliphatic hydroxyl groups is 1. The molecule has 4 nitrogen and oxygen atoms in total. The van der Waals surface area contributed by atoms with Crippen LogP contribution in [0, 0.1) is 11.3 Å². The van der Waals surface area contributed by atoms with E-state index in [1.165, 1.54) is 0 Å². The molecule has 1 fully saturated rings. The van der Waals surface area contributed by atoms with E-state index in [0.717, 1.165) is 29.9 Å². The highest BCUT2D eigenvalue weighted by Crippen LogP contribution is 2.37. The van der Waals surface area contributed by atoms with Crippen LogP contribution in [-0.2, 0) is 5.60 Å². The molecule has 1 saturated heterocycles. The van der Waals surface area contributed by atoms with Gasteiger partial charge in [0.05, 0.1) is 34.0 Å². The summed E-state index contributed by atoms with van der Waals surface area (Å²) >= 11 is 18.8. The van der Waals surface area contributed by atoms with Crippen LogP contribution in [0.25, 0.3) is 0 Å². The number of β-amino-alcohol motifs (C(OH)–C–C–N with tert-alkyl or cyclic N) is 1. The van der Waals surface area contributed by atoms with Crippen molar-refractivity contribution in [2.45, 2.75) is 18.6 Å². The molecule has 3 aromatic rings. The Morgan fingerprint density at radius 3 is 2.27 bits per heavy atom. The van der Waals surface area contributed by atoms with Crippen LogP contribution in [0.15, 0.2) is 66.7 Å². The van der Waals surface area contributed by atoms with Crippen LogP contribution in [0.5, 0.6) is 0 Å². The van der Waals surface area contributed by atoms with E-state index < -0.39 is 5.60 Å². The Hall–Kier alpha value is -2.26. The zero-order valence-corrected chi connectivity index (χ0v) is 20.4. The van der Waals surface area contributed by atoms with Crippen LogP contribution in [0.4, 0.5) is 5.69 Å². The number of nitriles is 1. The minimum atomic E-state index is -1.06. The normalized spacial score (nSPS) is 18.5. The van der Waals surface area contributed by atoms with Crippen molar-refractivity contribution >= 4 is 40.5 Å². The molecule has 33 heavy (non-hydrogen) atoms. The summed E-state index contributed by atoms with van der Waals surface area (Å²) in [5.41, 5.74) is 2.35. The van der Waals surface area contributed by atoms with Gasteiger partial charge in [0, 0.05) is 36.2 Å². The van der Waals surface area contributed by atoms with Crippen LogP contribution in [0.3, 0.4) is 0 Å². The van der Waals surface area contributed by atoms with E-state index in [2.05, 4.69) is 15.9 Å². The monoisotopic (exact) mass is 499 g/mol. The quantitative estimate of drug-likeness (QED) is 0.447. The Balaban J connectivity index is 1.60. The number of rotatable bonds is 5. The molecule has 2 atom stereocenters. The smallest absolute Gasteiger partial charge is 0.0994 e. The number of piperazine rings is 1. The maximum Gasteiger partial charge on any atom is 0.0994 e. The highest BCUT2D eigenvalue weighted by Gasteiger charge is 2.34. The van der Waals surface area contributed by atoms with E-state index in [4.69, 9.17) is 40.1 Å². The molecular weight excluding hydrogens is 477 g/mol. The number of benzene rings is 3. The van der Waals surface area contributed by atoms with Crippen LogP contribution in [0.2, 0.25) is 15.1 Å². The van der Waals surface area contributed by atoms with Gasteiger partial charge in [-0.15, -0.1) is 0 Å². The highest BCUT2D eigenvalue weighted by atomic mass is 35.5. The third kappa shape index (κ3) is 5.46. The predicted molar refractivity (Wildman–Crippen MR) is 135 cm³/mol. The van der Waals surface area contributed by atoms with Gasteiger partial charge < -0.3 is 10.0 Å². The molecule has 1 heterocycles. The minimum absolute atomic E-state index is 0.0199. The Kier molecular flexibility index (Phi) is 7.19. The lowest BCUT2D eigenvalue weighted by molar-refractivity contribution is 0.0103. The van der Waals surface area contributed by atoms with Gasteiger partial charge in [-0.1, -0.05) is 59.1 Å². The van der Waals surface area contributed by atoms with Crippen molar-refractivity contribution in [1.82, 2.24) is 4.90 Å². The van der Waals surface area contributed by atoms with Crippen molar-refractivity contribution in [3.8, 4) is 6.07 Å². The molecule has 1 N–H and O–H groups in total. The van der Waals surface area contributed by atoms with Gasteiger partial charge in [-0.3, -0.25) is 4.90 Å². The fraction of sp³-hybridized carbons (Fsp3) is 0.269. The molecule has 1 aliphatic heterocycles. The summed E-state index contributed by atoms with van der Waals surface area (Å²) in [5, 5.41) is 22.2. The van der Waals surface area contributed by atoms with E-state index in [-0.39, 0.29) is 6.04 Å². The number of anilines is 1. The number of nitrogens with zero attached hydrogens (tertiary/aromatic N) is 3. The summed E-state index contributed by atoms with van der Waals surface area (Å²) in [6.45, 7) is 4.47. The zero-order chi connectivity index (χ0) is 23.6. The van der Waals surface area contributed by atoms with Crippen molar-refractivity contribution < 1.29 is 5.11 Å². The van der Waals surface area contributed by atoms with E-state index in [0.29, 0.717) is 33.7 Å². The third-order valence-corrected chi connectivity index (χ3v) is 6.90. The second-order valence-electron chi connectivity index (χ2n) is 8.55. The molecule has 0 saturated carbocycles. The standard InChI is InChI=1S/C26H24Cl3N3O/c1-26(33,20-6-2-18(15-30)3-7-20)17-31-12-13-32(24-11-10-22(28)14-23(24)29)25(16-31)19-4-8-21(27)9-5-19/h2-11,14,25,33H,12-13,16-17H2,1H3/t25-,26?/m0/s1. The first kappa shape index (κ1) is 23.9. The van der Waals surface area contributed by atoms with Crippen LogP contribution >= 0.6 is 34.8 Å². The van der Waals surface area contributed by atoms with Gasteiger partial charge in [-0.2, -0.15) is 5.26 Å². The Morgan fingerprint density at radius 2 is 1.64 bits per heavy atom. The molecule has 4 rings (SSSR count). The average molecular weight is 501 g/mol. The van der Waals surface area contributed by atoms with Gasteiger partial charge in [0.15, 0.2) is 0 Å². The fourth-order valence-electron chi connectivity index (χ4n) is 4.39. The maximum atomic E-state index is 11.3. The molecule has 170 valence electrons. The maximum absolute atomic E-state index is 11.3. The molecule has 0 aliphatic carbocycles. The van der Waals surface area contributed by atoms with Crippen LogP contribution in [-0.4, -0.2) is 36.2 Å². The predicted octanol–water partition coefficient (Wildman–Crippen LogP) is 6.29. The van der Waals surface area contributed by atoms with Gasteiger partial charge >= 0.3 is 0 Å². The first-order chi connectivity index (χ1) is 15.8. The summed E-state index contributed by atoms with van der Waals surface area (Å²) in [7, 11) is 0. The molecule has 7 heteroatoms. The van der Waals surface area contributed by atoms with Gasteiger partial charge in [0.2, 0.25) is 0 Å². The first-order valence-corrected chi connectivity index (χ1v) is 11.8. The van der Waals surface area contributed by atoms with E-state index in [1.54, 1.807) is 18.2 Å². The summed E-state index contributed by atoms with van der Waals surface area (Å²) in [6, 6.07) is 22.7. The number of hydrogen-bond donors (Lipinski definition) is 1. The van der Waals surface area contributed by atoms with Crippen LogP contribution < -0.4 is 4.90 Å². The van der Waals surface area contributed by atoms with Crippen molar-refractivity contribution in [3.05, 3.63) is 98.5 Å². The van der Waals surface area contributed by atoms with Gasteiger partial charge in [-0.05, 0) is 60.5 Å². The van der Waals surface area contributed by atoms with Crippen molar-refractivity contribution in [2.75, 3.05) is 31.1 Å². The molecule has 0 amide bonds. The molecule has 0 aromatic heterocycles. The SMILES string of the molecule is CC(O)(CN1CCN(c2ccc(Cl)cc2Cl)[C@H](c2ccc(Cl)cc2)C1)c1ccc(C#N)cc1. The van der Waals surface area contributed by atoms with Gasteiger partial charge in [0.1, 0.15) is 0 Å². The first-order valence-electron chi connectivity index (χ1n) is 10.7. The van der Waals surface area contributed by atoms with Gasteiger partial charge in [-0.25, -0.2) is 0 Å². The molecule has 0 spiro atoms. The van der Waals surface area contributed by atoms with Crippen LogP contribution in [0.1, 0.15) is 29.7 Å². The molecule has 1 unspecified atom stereocenters. The van der Waals surface area contributed by atoms with Crippen molar-refractivity contribution in [2.24, 2.45) is 0 Å². The largest absolute Gasteiger partial charge is 0.384 e. The Labute approximate surface area is 209 Å². The van der Waals surface area contributed by atoms with E-state index >= 15 is 0 Å². The lowest BCUT2D eigenvalue weighted by Gasteiger charge is -2.45. The van der Waals surface area contributed by atoms with Gasteiger partial charge in [0.25, 0.3) is 0 Å². The molecule has 0 radical (unpaired) electrons. The van der Waals surface area contributed by atoms with Crippen molar-refractivity contribution in [1.29, 1.82) is 5.26 Å². The second-order valence-corrected chi connectivity index (χ2v) is 9.83. The molecule has 3 aromatic carbocycles. The number of halogens is 3. The average Bonchev–Trinajstić information content (AvgIpc) is 2.80. The van der Waals surface area contributed by atoms with E-state index in [1.807, 2.05) is 55.5 Å².